The Morgan fingerprint density at radius 3 is 2.45 bits per heavy atom. The second-order valence-electron chi connectivity index (χ2n) is 9.15. The van der Waals surface area contributed by atoms with Gasteiger partial charge in [-0.1, -0.05) is 23.7 Å². The number of ether oxygens (including phenoxy) is 2. The van der Waals surface area contributed by atoms with Crippen LogP contribution in [0.1, 0.15) is 23.6 Å². The van der Waals surface area contributed by atoms with Crippen molar-refractivity contribution in [2.75, 3.05) is 23.4 Å². The van der Waals surface area contributed by atoms with Crippen LogP contribution in [0.5, 0.6) is 11.5 Å². The van der Waals surface area contributed by atoms with Gasteiger partial charge in [0.15, 0.2) is 18.1 Å². The Hall–Kier alpha value is -5.23. The van der Waals surface area contributed by atoms with E-state index in [2.05, 4.69) is 10.6 Å². The molecule has 3 aromatic carbocycles. The smallest absolute Gasteiger partial charge is 0.335 e. The van der Waals surface area contributed by atoms with Gasteiger partial charge in [-0.25, -0.2) is 9.69 Å². The lowest BCUT2D eigenvalue weighted by molar-refractivity contribution is -0.384. The highest BCUT2D eigenvalue weighted by molar-refractivity contribution is 6.39. The minimum atomic E-state index is -1.01. The van der Waals surface area contributed by atoms with E-state index >= 15 is 0 Å². The van der Waals surface area contributed by atoms with Crippen molar-refractivity contribution in [2.24, 2.45) is 0 Å². The number of anilines is 2. The minimum Gasteiger partial charge on any atom is -0.490 e. The number of carbonyl (C=O) groups is 4. The first kappa shape index (κ1) is 29.7. The number of benzene rings is 3. The molecule has 216 valence electrons. The maximum atomic E-state index is 13.2. The predicted octanol–water partition coefficient (Wildman–Crippen LogP) is 4.95. The number of non-ortho nitro benzene ring substituents is 1. The zero-order chi connectivity index (χ0) is 30.6. The van der Waals surface area contributed by atoms with Crippen LogP contribution >= 0.6 is 11.6 Å². The van der Waals surface area contributed by atoms with Crippen molar-refractivity contribution < 1.29 is 33.6 Å². The summed E-state index contributed by atoms with van der Waals surface area (Å²) in [7, 11) is 0. The van der Waals surface area contributed by atoms with Crippen molar-refractivity contribution in [2.45, 2.75) is 20.8 Å². The second-order valence-corrected chi connectivity index (χ2v) is 9.56. The molecule has 12 nitrogen and oxygen atoms in total. The van der Waals surface area contributed by atoms with E-state index in [1.807, 2.05) is 32.0 Å². The molecule has 42 heavy (non-hydrogen) atoms. The van der Waals surface area contributed by atoms with Crippen molar-refractivity contribution in [3.63, 3.8) is 0 Å². The monoisotopic (exact) mass is 592 g/mol. The fourth-order valence-corrected chi connectivity index (χ4v) is 4.32. The molecule has 0 saturated carbocycles. The van der Waals surface area contributed by atoms with E-state index < -0.39 is 34.2 Å². The highest BCUT2D eigenvalue weighted by Crippen LogP contribution is 2.38. The molecule has 0 unspecified atom stereocenters. The minimum absolute atomic E-state index is 0.0254. The molecule has 0 aliphatic carbocycles. The van der Waals surface area contributed by atoms with E-state index in [4.69, 9.17) is 21.1 Å². The number of halogens is 1. The van der Waals surface area contributed by atoms with Crippen LogP contribution < -0.4 is 25.0 Å². The highest BCUT2D eigenvalue weighted by Gasteiger charge is 2.37. The summed E-state index contributed by atoms with van der Waals surface area (Å²) in [4.78, 5) is 61.9. The summed E-state index contributed by atoms with van der Waals surface area (Å²) in [5.74, 6) is -2.08. The van der Waals surface area contributed by atoms with Crippen LogP contribution in [0, 0.1) is 24.0 Å². The predicted molar refractivity (Wildman–Crippen MR) is 155 cm³/mol. The van der Waals surface area contributed by atoms with Gasteiger partial charge < -0.3 is 14.8 Å². The summed E-state index contributed by atoms with van der Waals surface area (Å²) in [6, 6.07) is 12.2. The lowest BCUT2D eigenvalue weighted by atomic mass is 10.1. The fraction of sp³-hybridized carbons (Fsp3) is 0.172. The summed E-state index contributed by atoms with van der Waals surface area (Å²) >= 11 is 6.47. The number of imide groups is 2. The molecule has 1 heterocycles. The van der Waals surface area contributed by atoms with Gasteiger partial charge in [-0.15, -0.1) is 0 Å². The number of aryl methyl sites for hydroxylation is 2. The summed E-state index contributed by atoms with van der Waals surface area (Å²) in [5, 5.41) is 15.9. The molecule has 0 spiro atoms. The molecule has 2 N–H and O–H groups in total. The number of nitrogens with one attached hydrogen (secondary N) is 2. The van der Waals surface area contributed by atoms with Gasteiger partial charge in [0.25, 0.3) is 23.4 Å². The number of nitrogens with zero attached hydrogens (tertiary/aromatic N) is 2. The lowest BCUT2D eigenvalue weighted by Gasteiger charge is -2.26. The molecule has 0 atom stereocenters. The van der Waals surface area contributed by atoms with Crippen LogP contribution in [0.4, 0.5) is 21.9 Å². The summed E-state index contributed by atoms with van der Waals surface area (Å²) in [6.45, 7) is 5.34. The van der Waals surface area contributed by atoms with Crippen molar-refractivity contribution >= 4 is 58.5 Å². The largest absolute Gasteiger partial charge is 0.490 e. The Bertz CT molecular complexity index is 1640. The van der Waals surface area contributed by atoms with E-state index in [0.717, 1.165) is 23.3 Å². The van der Waals surface area contributed by atoms with Crippen molar-refractivity contribution in [1.29, 1.82) is 0 Å². The fourth-order valence-electron chi connectivity index (χ4n) is 4.05. The maximum absolute atomic E-state index is 13.2. The topological polar surface area (TPSA) is 157 Å². The van der Waals surface area contributed by atoms with Gasteiger partial charge in [-0.2, -0.15) is 0 Å². The third kappa shape index (κ3) is 6.56. The Kier molecular flexibility index (Phi) is 8.87. The number of nitro benzene ring substituents is 1. The summed E-state index contributed by atoms with van der Waals surface area (Å²) < 4.78 is 11.3. The number of rotatable bonds is 9. The molecule has 5 amide bonds. The summed E-state index contributed by atoms with van der Waals surface area (Å²) in [6.07, 6.45) is 1.22. The molecule has 0 radical (unpaired) electrons. The Morgan fingerprint density at radius 2 is 1.79 bits per heavy atom. The molecule has 1 saturated heterocycles. The van der Waals surface area contributed by atoms with E-state index in [1.54, 1.807) is 6.92 Å². The van der Waals surface area contributed by atoms with E-state index in [9.17, 15) is 29.3 Å². The number of carbonyl (C=O) groups excluding carboxylic acids is 4. The number of amides is 5. The van der Waals surface area contributed by atoms with E-state index in [-0.39, 0.29) is 46.7 Å². The van der Waals surface area contributed by atoms with Gasteiger partial charge in [0, 0.05) is 17.8 Å². The Labute approximate surface area is 245 Å². The molecule has 1 fully saturated rings. The van der Waals surface area contributed by atoms with Gasteiger partial charge in [0.05, 0.1) is 22.2 Å². The first-order valence-electron chi connectivity index (χ1n) is 12.6. The van der Waals surface area contributed by atoms with Gasteiger partial charge in [0.2, 0.25) is 0 Å². The van der Waals surface area contributed by atoms with Crippen LogP contribution in [0.2, 0.25) is 5.02 Å². The number of hydrogen-bond donors (Lipinski definition) is 2. The number of nitro groups is 1. The van der Waals surface area contributed by atoms with E-state index in [1.165, 1.54) is 30.3 Å². The SMILES string of the molecule is CCOc1cc(/C=C2/C(=O)NC(=O)N(c3ccc([N+](=O)[O-])cc3)C2=O)cc(Cl)c1OCC(=O)Nc1cc(C)ccc1C. The van der Waals surface area contributed by atoms with Crippen molar-refractivity contribution in [1.82, 2.24) is 5.32 Å². The average Bonchev–Trinajstić information content (AvgIpc) is 2.93. The van der Waals surface area contributed by atoms with Gasteiger partial charge in [-0.3, -0.25) is 29.8 Å². The average molecular weight is 593 g/mol. The Balaban J connectivity index is 1.58. The normalized spacial score (nSPS) is 14.0. The standard InChI is InChI=1S/C29H25ClN4O8/c1-4-41-24-14-18(13-22(30)26(24)42-15-25(35)31-23-11-16(2)5-6-17(23)3)12-21-27(36)32-29(38)33(28(21)37)19-7-9-20(10-8-19)34(39)40/h5-14H,4,15H2,1-3H3,(H,31,35)(H,32,36,38)/b21-12-. The lowest BCUT2D eigenvalue weighted by Crippen LogP contribution is -2.54. The number of hydrogen-bond acceptors (Lipinski definition) is 8. The second kappa shape index (κ2) is 12.5. The van der Waals surface area contributed by atoms with E-state index in [0.29, 0.717) is 10.6 Å². The zero-order valence-corrected chi connectivity index (χ0v) is 23.5. The van der Waals surface area contributed by atoms with Gasteiger partial charge in [0.1, 0.15) is 5.57 Å². The van der Waals surface area contributed by atoms with Gasteiger partial charge in [-0.05, 0) is 73.9 Å². The van der Waals surface area contributed by atoms with Crippen molar-refractivity contribution in [3.05, 3.63) is 92.0 Å². The van der Waals surface area contributed by atoms with Crippen LogP contribution in [0.3, 0.4) is 0 Å². The molecule has 4 rings (SSSR count). The molecule has 1 aliphatic heterocycles. The molecule has 0 aromatic heterocycles. The molecule has 13 heteroatoms. The van der Waals surface area contributed by atoms with Crippen LogP contribution in [-0.4, -0.2) is 41.9 Å². The molecular formula is C29H25ClN4O8. The van der Waals surface area contributed by atoms with Crippen LogP contribution in [0.25, 0.3) is 6.08 Å². The van der Waals surface area contributed by atoms with Crippen LogP contribution in [0.15, 0.2) is 60.2 Å². The molecular weight excluding hydrogens is 568 g/mol. The zero-order valence-electron chi connectivity index (χ0n) is 22.7. The number of barbiturate groups is 1. The highest BCUT2D eigenvalue weighted by atomic mass is 35.5. The quantitative estimate of drug-likeness (QED) is 0.153. The molecule has 1 aliphatic rings. The first-order valence-corrected chi connectivity index (χ1v) is 13.0. The van der Waals surface area contributed by atoms with Gasteiger partial charge >= 0.3 is 6.03 Å². The van der Waals surface area contributed by atoms with Crippen molar-refractivity contribution in [3.8, 4) is 11.5 Å². The third-order valence-electron chi connectivity index (χ3n) is 6.08. The Morgan fingerprint density at radius 1 is 1.07 bits per heavy atom. The third-order valence-corrected chi connectivity index (χ3v) is 6.36. The van der Waals surface area contributed by atoms with Crippen LogP contribution in [-0.2, 0) is 14.4 Å². The summed E-state index contributed by atoms with van der Waals surface area (Å²) in [5.41, 5.74) is 2.18. The molecule has 3 aromatic rings. The number of urea groups is 1. The maximum Gasteiger partial charge on any atom is 0.335 e. The molecule has 0 bridgehead atoms. The first-order chi connectivity index (χ1) is 20.0.